The molecule has 3 nitrogen and oxygen atoms in total. The van der Waals surface area contributed by atoms with E-state index < -0.39 is 0 Å². The number of H-pyrrole nitrogens is 1. The first-order valence-electron chi connectivity index (χ1n) is 4.98. The van der Waals surface area contributed by atoms with Crippen molar-refractivity contribution in [3.63, 3.8) is 0 Å². The van der Waals surface area contributed by atoms with Crippen molar-refractivity contribution in [3.05, 3.63) is 45.3 Å². The van der Waals surface area contributed by atoms with Crippen LogP contribution >= 0.6 is 23.4 Å². The molecule has 0 radical (unpaired) electrons. The van der Waals surface area contributed by atoms with Gasteiger partial charge in [-0.25, -0.2) is 4.68 Å². The molecule has 0 bridgehead atoms. The van der Waals surface area contributed by atoms with Crippen molar-refractivity contribution in [2.75, 3.05) is 5.75 Å². The van der Waals surface area contributed by atoms with Gasteiger partial charge < -0.3 is 0 Å². The van der Waals surface area contributed by atoms with Crippen molar-refractivity contribution in [2.45, 2.75) is 11.3 Å². The van der Waals surface area contributed by atoms with Crippen LogP contribution in [0.1, 0.15) is 5.69 Å². The Kier molecular flexibility index (Phi) is 2.33. The second-order valence-electron chi connectivity index (χ2n) is 3.63. The molecular formula is C11H9ClN2OS. The van der Waals surface area contributed by atoms with Crippen LogP contribution in [0.5, 0.6) is 0 Å². The Bertz CT molecular complexity index is 585. The molecule has 2 aromatic rings. The lowest BCUT2D eigenvalue weighted by atomic mass is 10.3. The number of aryl methyl sites for hydroxylation is 1. The van der Waals surface area contributed by atoms with Gasteiger partial charge in [0, 0.05) is 10.8 Å². The summed E-state index contributed by atoms with van der Waals surface area (Å²) >= 11 is 7.43. The van der Waals surface area contributed by atoms with E-state index >= 15 is 0 Å². The van der Waals surface area contributed by atoms with E-state index in [-0.39, 0.29) is 5.56 Å². The lowest BCUT2D eigenvalue weighted by Gasteiger charge is -2.01. The van der Waals surface area contributed by atoms with Crippen molar-refractivity contribution in [3.8, 4) is 5.69 Å². The van der Waals surface area contributed by atoms with Crippen molar-refractivity contribution < 1.29 is 0 Å². The van der Waals surface area contributed by atoms with E-state index in [4.69, 9.17) is 11.6 Å². The number of thioether (sulfide) groups is 1. The summed E-state index contributed by atoms with van der Waals surface area (Å²) in [5.41, 5.74) is 1.91. The number of hydrogen-bond donors (Lipinski definition) is 1. The summed E-state index contributed by atoms with van der Waals surface area (Å²) in [4.78, 5) is 12.9. The third kappa shape index (κ3) is 1.49. The van der Waals surface area contributed by atoms with Crippen LogP contribution in [0.2, 0.25) is 5.02 Å². The molecule has 0 saturated heterocycles. The first-order valence-corrected chi connectivity index (χ1v) is 6.35. The van der Waals surface area contributed by atoms with Gasteiger partial charge in [-0.05, 0) is 30.7 Å². The van der Waals surface area contributed by atoms with E-state index in [0.29, 0.717) is 5.02 Å². The van der Waals surface area contributed by atoms with Gasteiger partial charge in [-0.3, -0.25) is 9.89 Å². The molecule has 0 spiro atoms. The predicted octanol–water partition coefficient (Wildman–Crippen LogP) is 2.47. The number of rotatable bonds is 1. The number of benzene rings is 1. The molecule has 0 fully saturated rings. The average Bonchev–Trinajstić information content (AvgIpc) is 2.84. The van der Waals surface area contributed by atoms with Gasteiger partial charge >= 0.3 is 0 Å². The maximum absolute atomic E-state index is 12.0. The fraction of sp³-hybridized carbons (Fsp3) is 0.182. The van der Waals surface area contributed by atoms with Crippen molar-refractivity contribution in [1.29, 1.82) is 0 Å². The number of nitrogens with zero attached hydrogens (tertiary/aromatic N) is 1. The van der Waals surface area contributed by atoms with Crippen LogP contribution in [0.3, 0.4) is 0 Å². The molecule has 1 aliphatic heterocycles. The molecule has 0 unspecified atom stereocenters. The smallest absolute Gasteiger partial charge is 0.285 e. The van der Waals surface area contributed by atoms with E-state index in [2.05, 4.69) is 5.10 Å². The zero-order chi connectivity index (χ0) is 11.1. The van der Waals surface area contributed by atoms with E-state index in [1.807, 2.05) is 12.1 Å². The van der Waals surface area contributed by atoms with E-state index in [1.54, 1.807) is 28.6 Å². The highest BCUT2D eigenvalue weighted by molar-refractivity contribution is 7.99. The molecule has 82 valence electrons. The van der Waals surface area contributed by atoms with Crippen LogP contribution in [-0.4, -0.2) is 15.5 Å². The Morgan fingerprint density at radius 2 is 2.06 bits per heavy atom. The fourth-order valence-electron chi connectivity index (χ4n) is 1.81. The van der Waals surface area contributed by atoms with Crippen molar-refractivity contribution in [2.24, 2.45) is 0 Å². The molecule has 0 amide bonds. The van der Waals surface area contributed by atoms with Gasteiger partial charge in [-0.1, -0.05) is 11.6 Å². The molecule has 1 aliphatic rings. The summed E-state index contributed by atoms with van der Waals surface area (Å²) in [6.07, 6.45) is 0.940. The Morgan fingerprint density at radius 3 is 2.75 bits per heavy atom. The second-order valence-corrected chi connectivity index (χ2v) is 5.18. The van der Waals surface area contributed by atoms with Gasteiger partial charge in [0.2, 0.25) is 0 Å². The molecular weight excluding hydrogens is 244 g/mol. The quantitative estimate of drug-likeness (QED) is 0.847. The Labute approximate surface area is 101 Å². The number of fused-ring (bicyclic) bond motifs is 1. The lowest BCUT2D eigenvalue weighted by molar-refractivity contribution is 0.820. The molecule has 2 heterocycles. The molecule has 3 rings (SSSR count). The van der Waals surface area contributed by atoms with Crippen LogP contribution in [0.25, 0.3) is 5.69 Å². The molecule has 1 aromatic heterocycles. The predicted molar refractivity (Wildman–Crippen MR) is 65.8 cm³/mol. The summed E-state index contributed by atoms with van der Waals surface area (Å²) in [7, 11) is 0. The summed E-state index contributed by atoms with van der Waals surface area (Å²) in [5, 5.41) is 3.81. The summed E-state index contributed by atoms with van der Waals surface area (Å²) in [6, 6.07) is 7.23. The highest BCUT2D eigenvalue weighted by Crippen LogP contribution is 2.27. The molecule has 1 aromatic carbocycles. The monoisotopic (exact) mass is 252 g/mol. The van der Waals surface area contributed by atoms with Crippen LogP contribution in [0, 0.1) is 0 Å². The molecule has 5 heteroatoms. The van der Waals surface area contributed by atoms with Gasteiger partial charge in [0.1, 0.15) is 0 Å². The van der Waals surface area contributed by atoms with Crippen LogP contribution < -0.4 is 5.56 Å². The maximum atomic E-state index is 12.0. The minimum atomic E-state index is 0.0415. The highest BCUT2D eigenvalue weighted by atomic mass is 35.5. The number of halogens is 1. The van der Waals surface area contributed by atoms with Crippen LogP contribution in [0.4, 0.5) is 0 Å². The van der Waals surface area contributed by atoms with Crippen molar-refractivity contribution >= 4 is 23.4 Å². The Balaban J connectivity index is 2.14. The van der Waals surface area contributed by atoms with Gasteiger partial charge in [0.05, 0.1) is 16.3 Å². The number of aromatic nitrogens is 2. The van der Waals surface area contributed by atoms with Gasteiger partial charge in [-0.2, -0.15) is 0 Å². The van der Waals surface area contributed by atoms with Crippen LogP contribution in [0.15, 0.2) is 34.0 Å². The van der Waals surface area contributed by atoms with E-state index in [9.17, 15) is 4.79 Å². The number of nitrogens with one attached hydrogen (secondary N) is 1. The highest BCUT2D eigenvalue weighted by Gasteiger charge is 2.20. The zero-order valence-corrected chi connectivity index (χ0v) is 9.94. The largest absolute Gasteiger partial charge is 0.294 e. The van der Waals surface area contributed by atoms with Crippen LogP contribution in [-0.2, 0) is 6.42 Å². The van der Waals surface area contributed by atoms with Crippen molar-refractivity contribution in [1.82, 2.24) is 9.78 Å². The second kappa shape index (κ2) is 3.71. The Morgan fingerprint density at radius 1 is 1.31 bits per heavy atom. The molecule has 1 N–H and O–H groups in total. The summed E-state index contributed by atoms with van der Waals surface area (Å²) < 4.78 is 1.58. The zero-order valence-electron chi connectivity index (χ0n) is 8.37. The minimum Gasteiger partial charge on any atom is -0.294 e. The normalized spacial score (nSPS) is 14.1. The topological polar surface area (TPSA) is 37.8 Å². The van der Waals surface area contributed by atoms with Gasteiger partial charge in [0.15, 0.2) is 0 Å². The molecule has 0 saturated carbocycles. The summed E-state index contributed by atoms with van der Waals surface area (Å²) in [5.74, 6) is 0.998. The fourth-order valence-corrected chi connectivity index (χ4v) is 2.99. The molecule has 16 heavy (non-hydrogen) atoms. The molecule has 0 aliphatic carbocycles. The third-order valence-corrected chi connectivity index (χ3v) is 3.97. The third-order valence-electron chi connectivity index (χ3n) is 2.60. The standard InChI is InChI=1S/C11H9ClN2OS/c12-7-1-3-8(4-2-7)14-11(15)10-9(13-14)5-6-16-10/h1-4,13H,5-6H2. The number of hydrogen-bond acceptors (Lipinski definition) is 2. The average molecular weight is 253 g/mol. The first kappa shape index (κ1) is 10.1. The number of aromatic amines is 1. The SMILES string of the molecule is O=c1c2c([nH]n1-c1ccc(Cl)cc1)CCS2. The lowest BCUT2D eigenvalue weighted by Crippen LogP contribution is -2.15. The molecule has 0 atom stereocenters. The maximum Gasteiger partial charge on any atom is 0.285 e. The Hall–Kier alpha value is -1.13. The van der Waals surface area contributed by atoms with Gasteiger partial charge in [0.25, 0.3) is 5.56 Å². The first-order chi connectivity index (χ1) is 7.75. The minimum absolute atomic E-state index is 0.0415. The van der Waals surface area contributed by atoms with E-state index in [0.717, 1.165) is 28.5 Å². The summed E-state index contributed by atoms with van der Waals surface area (Å²) in [6.45, 7) is 0. The van der Waals surface area contributed by atoms with Gasteiger partial charge in [-0.15, -0.1) is 11.8 Å². The van der Waals surface area contributed by atoms with E-state index in [1.165, 1.54) is 0 Å².